The van der Waals surface area contributed by atoms with E-state index in [-0.39, 0.29) is 18.6 Å². The summed E-state index contributed by atoms with van der Waals surface area (Å²) in [6.07, 6.45) is 6.94. The quantitative estimate of drug-likeness (QED) is 0.493. The molecule has 1 aliphatic carbocycles. The Bertz CT molecular complexity index is 1250. The van der Waals surface area contributed by atoms with Crippen molar-refractivity contribution >= 4 is 54.7 Å². The summed E-state index contributed by atoms with van der Waals surface area (Å²) in [6, 6.07) is 4.47. The van der Waals surface area contributed by atoms with Gasteiger partial charge in [0, 0.05) is 18.6 Å². The van der Waals surface area contributed by atoms with Crippen molar-refractivity contribution in [2.45, 2.75) is 55.7 Å². The third kappa shape index (κ3) is 5.08. The molecule has 178 valence electrons. The highest BCUT2D eigenvalue weighted by Gasteiger charge is 2.37. The molecular weight excluding hydrogens is 484 g/mol. The molecule has 2 aliphatic rings. The first kappa shape index (κ1) is 24.1. The van der Waals surface area contributed by atoms with Crippen LogP contribution in [-0.4, -0.2) is 47.6 Å². The molecular formula is C22H27ClN4O4S2. The molecule has 2 aromatic heterocycles. The number of aromatic nitrogens is 3. The highest BCUT2D eigenvalue weighted by atomic mass is 35.5. The van der Waals surface area contributed by atoms with Gasteiger partial charge in [-0.05, 0) is 56.2 Å². The number of benzene rings is 1. The van der Waals surface area contributed by atoms with Crippen molar-refractivity contribution in [2.24, 2.45) is 5.92 Å². The van der Waals surface area contributed by atoms with E-state index in [0.29, 0.717) is 58.1 Å². The van der Waals surface area contributed by atoms with Gasteiger partial charge in [-0.1, -0.05) is 30.4 Å². The Kier molecular flexibility index (Phi) is 7.09. The van der Waals surface area contributed by atoms with Crippen LogP contribution in [0.5, 0.6) is 0 Å². The van der Waals surface area contributed by atoms with Crippen LogP contribution >= 0.6 is 22.9 Å². The molecule has 1 amide bonds. The molecule has 1 atom stereocenters. The van der Waals surface area contributed by atoms with Crippen molar-refractivity contribution in [3.8, 4) is 0 Å². The molecule has 1 saturated heterocycles. The van der Waals surface area contributed by atoms with Crippen molar-refractivity contribution in [1.82, 2.24) is 14.8 Å². The zero-order chi connectivity index (χ0) is 22.3. The summed E-state index contributed by atoms with van der Waals surface area (Å²) >= 11 is 7.16. The van der Waals surface area contributed by atoms with E-state index in [9.17, 15) is 13.2 Å². The third-order valence-electron chi connectivity index (χ3n) is 6.06. The van der Waals surface area contributed by atoms with Gasteiger partial charge >= 0.3 is 0 Å². The van der Waals surface area contributed by atoms with E-state index in [1.54, 1.807) is 29.1 Å². The molecule has 1 saturated carbocycles. The zero-order valence-corrected chi connectivity index (χ0v) is 19.6. The number of ether oxygens (including phenoxy) is 1. The highest BCUT2D eigenvalue weighted by Crippen LogP contribution is 2.35. The van der Waals surface area contributed by atoms with Gasteiger partial charge in [0.05, 0.1) is 28.1 Å². The van der Waals surface area contributed by atoms with Crippen LogP contribution in [0.1, 0.15) is 45.6 Å². The van der Waals surface area contributed by atoms with Crippen molar-refractivity contribution < 1.29 is 17.9 Å². The second-order valence-corrected chi connectivity index (χ2v) is 12.2. The fourth-order valence-corrected chi connectivity index (χ4v) is 6.65. The molecule has 1 aromatic carbocycles. The topological polar surface area (TPSA) is 103 Å². The summed E-state index contributed by atoms with van der Waals surface area (Å²) < 4.78 is 32.9. The largest absolute Gasteiger partial charge is 0.381 e. The summed E-state index contributed by atoms with van der Waals surface area (Å²) in [4.78, 5) is 17.7. The number of fused-ring (bicyclic) bond motifs is 1. The second kappa shape index (κ2) is 9.69. The standard InChI is InChI=1S/C21H23ClN4O4S2.CH4/c22-19-12-23-21(31-19)25-20(27)18(9-13-5-7-30-8-6-13)26-17-4-3-16(10-14(17)11-24-26)32(28,29)15-1-2-15;/h3-4,10-13,15,18H,1-2,5-9H2,(H,23,25,27);1H4/t18-;/m0./s1. The van der Waals surface area contributed by atoms with Gasteiger partial charge in [-0.25, -0.2) is 13.4 Å². The maximum Gasteiger partial charge on any atom is 0.251 e. The normalized spacial score (nSPS) is 18.1. The van der Waals surface area contributed by atoms with Gasteiger partial charge in [0.15, 0.2) is 15.0 Å². The minimum Gasteiger partial charge on any atom is -0.381 e. The van der Waals surface area contributed by atoms with E-state index in [0.717, 1.165) is 18.4 Å². The minimum absolute atomic E-state index is 0. The minimum atomic E-state index is -3.30. The maximum atomic E-state index is 13.3. The van der Waals surface area contributed by atoms with E-state index in [1.165, 1.54) is 17.5 Å². The van der Waals surface area contributed by atoms with Crippen molar-refractivity contribution in [3.05, 3.63) is 34.9 Å². The molecule has 1 N–H and O–H groups in total. The molecule has 0 unspecified atom stereocenters. The molecule has 3 heterocycles. The number of sulfone groups is 1. The monoisotopic (exact) mass is 510 g/mol. The van der Waals surface area contributed by atoms with Gasteiger partial charge in [-0.15, -0.1) is 0 Å². The number of thiazole rings is 1. The van der Waals surface area contributed by atoms with Crippen molar-refractivity contribution in [3.63, 3.8) is 0 Å². The number of rotatable bonds is 7. The van der Waals surface area contributed by atoms with Crippen LogP contribution in [0, 0.1) is 5.92 Å². The molecule has 0 spiro atoms. The lowest BCUT2D eigenvalue weighted by molar-refractivity contribution is -0.120. The zero-order valence-electron chi connectivity index (χ0n) is 17.2. The molecule has 1 aliphatic heterocycles. The van der Waals surface area contributed by atoms with Crippen LogP contribution in [0.25, 0.3) is 10.9 Å². The van der Waals surface area contributed by atoms with E-state index in [1.807, 2.05) is 0 Å². The number of amides is 1. The number of hydrogen-bond acceptors (Lipinski definition) is 7. The lowest BCUT2D eigenvalue weighted by Crippen LogP contribution is -2.30. The van der Waals surface area contributed by atoms with Crippen LogP contribution in [0.4, 0.5) is 5.13 Å². The fraction of sp³-hybridized carbons (Fsp3) is 0.500. The number of nitrogens with one attached hydrogen (secondary N) is 1. The molecule has 2 fully saturated rings. The number of nitrogens with zero attached hydrogens (tertiary/aromatic N) is 3. The Morgan fingerprint density at radius 3 is 2.67 bits per heavy atom. The lowest BCUT2D eigenvalue weighted by atomic mass is 9.92. The Balaban J connectivity index is 0.00000259. The van der Waals surface area contributed by atoms with Crippen molar-refractivity contribution in [1.29, 1.82) is 0 Å². The highest BCUT2D eigenvalue weighted by molar-refractivity contribution is 7.92. The first-order chi connectivity index (χ1) is 15.4. The summed E-state index contributed by atoms with van der Waals surface area (Å²) in [5.41, 5.74) is 0.726. The summed E-state index contributed by atoms with van der Waals surface area (Å²) in [6.45, 7) is 1.37. The molecule has 3 aromatic rings. The number of carbonyl (C=O) groups excluding carboxylic acids is 1. The molecule has 0 radical (unpaired) electrons. The van der Waals surface area contributed by atoms with Crippen molar-refractivity contribution in [2.75, 3.05) is 18.5 Å². The van der Waals surface area contributed by atoms with E-state index in [4.69, 9.17) is 16.3 Å². The van der Waals surface area contributed by atoms with Gasteiger partial charge in [0.1, 0.15) is 10.4 Å². The fourth-order valence-electron chi connectivity index (χ4n) is 4.14. The molecule has 0 bridgehead atoms. The van der Waals surface area contributed by atoms with Crippen LogP contribution in [0.3, 0.4) is 0 Å². The number of halogens is 1. The Morgan fingerprint density at radius 1 is 1.24 bits per heavy atom. The Hall–Kier alpha value is -2.01. The Morgan fingerprint density at radius 2 is 2.00 bits per heavy atom. The van der Waals surface area contributed by atoms with E-state index in [2.05, 4.69) is 15.4 Å². The maximum absolute atomic E-state index is 13.3. The van der Waals surface area contributed by atoms with Crippen LogP contribution in [-0.2, 0) is 19.4 Å². The molecule has 11 heteroatoms. The van der Waals surface area contributed by atoms with Gasteiger partial charge < -0.3 is 10.1 Å². The number of anilines is 1. The van der Waals surface area contributed by atoms with Gasteiger partial charge in [-0.3, -0.25) is 9.48 Å². The number of carbonyl (C=O) groups is 1. The molecule has 8 nitrogen and oxygen atoms in total. The van der Waals surface area contributed by atoms with E-state index >= 15 is 0 Å². The smallest absolute Gasteiger partial charge is 0.251 e. The average Bonchev–Trinajstić information content (AvgIpc) is 3.46. The Labute approximate surface area is 202 Å². The van der Waals surface area contributed by atoms with Gasteiger partial charge in [0.2, 0.25) is 0 Å². The summed E-state index contributed by atoms with van der Waals surface area (Å²) in [5, 5.41) is 8.23. The molecule has 33 heavy (non-hydrogen) atoms. The van der Waals surface area contributed by atoms with Crippen LogP contribution in [0.15, 0.2) is 35.5 Å². The lowest BCUT2D eigenvalue weighted by Gasteiger charge is -2.26. The average molecular weight is 511 g/mol. The third-order valence-corrected chi connectivity index (χ3v) is 9.35. The molecule has 5 rings (SSSR count). The van der Waals surface area contributed by atoms with Gasteiger partial charge in [-0.2, -0.15) is 5.10 Å². The van der Waals surface area contributed by atoms with Crippen LogP contribution < -0.4 is 5.32 Å². The van der Waals surface area contributed by atoms with Gasteiger partial charge in [0.25, 0.3) is 5.91 Å². The first-order valence-corrected chi connectivity index (χ1v) is 13.4. The summed E-state index contributed by atoms with van der Waals surface area (Å²) in [5.74, 6) is 0.107. The first-order valence-electron chi connectivity index (χ1n) is 10.6. The number of hydrogen-bond donors (Lipinski definition) is 1. The SMILES string of the molecule is C.O=C(Nc1ncc(Cl)s1)[C@H](CC1CCOCC1)n1ncc2cc(S(=O)(=O)C3CC3)ccc21. The summed E-state index contributed by atoms with van der Waals surface area (Å²) in [7, 11) is -3.30. The van der Waals surface area contributed by atoms with Crippen LogP contribution in [0.2, 0.25) is 4.34 Å². The predicted molar refractivity (Wildman–Crippen MR) is 130 cm³/mol. The predicted octanol–water partition coefficient (Wildman–Crippen LogP) is 4.71. The second-order valence-electron chi connectivity index (χ2n) is 8.32. The van der Waals surface area contributed by atoms with E-state index < -0.39 is 15.9 Å².